The number of carboxylic acids is 1. The van der Waals surface area contributed by atoms with Gasteiger partial charge in [-0.15, -0.1) is 0 Å². The van der Waals surface area contributed by atoms with Gasteiger partial charge in [-0.25, -0.2) is 4.79 Å². The molecule has 1 unspecified atom stereocenters. The van der Waals surface area contributed by atoms with E-state index in [1.807, 2.05) is 19.1 Å². The molecular weight excluding hydrogens is 297 g/mol. The van der Waals surface area contributed by atoms with Crippen LogP contribution in [-0.2, 0) is 0 Å². The number of anilines is 1. The minimum Gasteiger partial charge on any atom is -0.478 e. The summed E-state index contributed by atoms with van der Waals surface area (Å²) in [6.07, 6.45) is 0. The largest absolute Gasteiger partial charge is 0.478 e. The lowest BCUT2D eigenvalue weighted by molar-refractivity contribution is 0.0698. The average molecular weight is 310 g/mol. The second kappa shape index (κ2) is 6.16. The number of rotatable bonds is 4. The molecular formula is C15H13Cl2NO2. The van der Waals surface area contributed by atoms with Gasteiger partial charge < -0.3 is 10.4 Å². The fourth-order valence-electron chi connectivity index (χ4n) is 1.93. The summed E-state index contributed by atoms with van der Waals surface area (Å²) in [4.78, 5) is 11.3. The van der Waals surface area contributed by atoms with Crippen molar-refractivity contribution in [3.05, 3.63) is 63.6 Å². The van der Waals surface area contributed by atoms with E-state index in [0.29, 0.717) is 10.7 Å². The third-order valence-corrected chi connectivity index (χ3v) is 3.54. The summed E-state index contributed by atoms with van der Waals surface area (Å²) < 4.78 is 0. The Hall–Kier alpha value is -1.71. The van der Waals surface area contributed by atoms with Crippen LogP contribution in [0.25, 0.3) is 0 Å². The highest BCUT2D eigenvalue weighted by atomic mass is 35.5. The van der Waals surface area contributed by atoms with E-state index in [2.05, 4.69) is 5.32 Å². The van der Waals surface area contributed by atoms with Crippen LogP contribution in [0, 0.1) is 0 Å². The summed E-state index contributed by atoms with van der Waals surface area (Å²) in [5.74, 6) is -1.05. The van der Waals surface area contributed by atoms with Gasteiger partial charge in [0.2, 0.25) is 0 Å². The Morgan fingerprint density at radius 1 is 1.15 bits per heavy atom. The molecule has 104 valence electrons. The molecule has 0 radical (unpaired) electrons. The standard InChI is InChI=1S/C15H13Cl2NO2/c1-9(10-5-7-11(16)8-6-10)18-13-4-2-3-12(17)14(13)15(19)20/h2-9,18H,1H3,(H,19,20). The number of aromatic carboxylic acids is 1. The fraction of sp³-hybridized carbons (Fsp3) is 0.133. The molecule has 0 heterocycles. The van der Waals surface area contributed by atoms with Crippen molar-refractivity contribution in [3.8, 4) is 0 Å². The van der Waals surface area contributed by atoms with Crippen molar-refractivity contribution in [2.24, 2.45) is 0 Å². The molecule has 2 aromatic carbocycles. The van der Waals surface area contributed by atoms with E-state index in [0.717, 1.165) is 5.56 Å². The first-order valence-corrected chi connectivity index (χ1v) is 6.78. The number of nitrogens with one attached hydrogen (secondary N) is 1. The summed E-state index contributed by atoms with van der Waals surface area (Å²) in [5, 5.41) is 13.3. The second-order valence-corrected chi connectivity index (χ2v) is 5.23. The lowest BCUT2D eigenvalue weighted by Gasteiger charge is -2.18. The summed E-state index contributed by atoms with van der Waals surface area (Å²) in [6.45, 7) is 1.94. The minimum atomic E-state index is -1.05. The molecule has 0 fully saturated rings. The highest BCUT2D eigenvalue weighted by molar-refractivity contribution is 6.34. The van der Waals surface area contributed by atoms with Gasteiger partial charge in [-0.05, 0) is 36.8 Å². The van der Waals surface area contributed by atoms with Gasteiger partial charge in [0, 0.05) is 11.1 Å². The van der Waals surface area contributed by atoms with Crippen LogP contribution < -0.4 is 5.32 Å². The van der Waals surface area contributed by atoms with E-state index in [9.17, 15) is 9.90 Å². The monoisotopic (exact) mass is 309 g/mol. The average Bonchev–Trinajstić information content (AvgIpc) is 2.39. The molecule has 2 aromatic rings. The third-order valence-electron chi connectivity index (χ3n) is 2.97. The molecule has 0 amide bonds. The van der Waals surface area contributed by atoms with E-state index in [-0.39, 0.29) is 16.6 Å². The molecule has 0 aliphatic heterocycles. The summed E-state index contributed by atoms with van der Waals surface area (Å²) >= 11 is 11.8. The molecule has 2 N–H and O–H groups in total. The lowest BCUT2D eigenvalue weighted by Crippen LogP contribution is -2.11. The molecule has 0 bridgehead atoms. The van der Waals surface area contributed by atoms with Crippen molar-refractivity contribution in [1.29, 1.82) is 0 Å². The molecule has 0 spiro atoms. The number of hydrogen-bond acceptors (Lipinski definition) is 2. The van der Waals surface area contributed by atoms with Gasteiger partial charge in [0.1, 0.15) is 5.56 Å². The zero-order chi connectivity index (χ0) is 14.7. The van der Waals surface area contributed by atoms with Gasteiger partial charge in [0.05, 0.1) is 10.7 Å². The maximum Gasteiger partial charge on any atom is 0.339 e. The Morgan fingerprint density at radius 2 is 1.80 bits per heavy atom. The van der Waals surface area contributed by atoms with E-state index in [1.165, 1.54) is 0 Å². The zero-order valence-corrected chi connectivity index (χ0v) is 12.2. The number of benzene rings is 2. The maximum atomic E-state index is 11.3. The Bertz CT molecular complexity index is 626. The van der Waals surface area contributed by atoms with Crippen molar-refractivity contribution in [3.63, 3.8) is 0 Å². The molecule has 5 heteroatoms. The quantitative estimate of drug-likeness (QED) is 0.847. The van der Waals surface area contributed by atoms with Crippen LogP contribution >= 0.6 is 23.2 Å². The SMILES string of the molecule is CC(Nc1cccc(Cl)c1C(=O)O)c1ccc(Cl)cc1. The zero-order valence-electron chi connectivity index (χ0n) is 10.7. The molecule has 0 aliphatic rings. The topological polar surface area (TPSA) is 49.3 Å². The van der Waals surface area contributed by atoms with Gasteiger partial charge in [-0.1, -0.05) is 41.4 Å². The van der Waals surface area contributed by atoms with Crippen LogP contribution in [-0.4, -0.2) is 11.1 Å². The normalized spacial score (nSPS) is 11.9. The van der Waals surface area contributed by atoms with Crippen molar-refractivity contribution >= 4 is 34.9 Å². The molecule has 0 saturated carbocycles. The Kier molecular flexibility index (Phi) is 4.53. The van der Waals surface area contributed by atoms with Crippen LogP contribution in [0.4, 0.5) is 5.69 Å². The summed E-state index contributed by atoms with van der Waals surface area (Å²) in [5.41, 5.74) is 1.58. The third kappa shape index (κ3) is 3.24. The van der Waals surface area contributed by atoms with Gasteiger partial charge in [0.15, 0.2) is 0 Å². The number of halogens is 2. The van der Waals surface area contributed by atoms with E-state index >= 15 is 0 Å². The van der Waals surface area contributed by atoms with Crippen LogP contribution in [0.15, 0.2) is 42.5 Å². The first-order valence-electron chi connectivity index (χ1n) is 6.03. The summed E-state index contributed by atoms with van der Waals surface area (Å²) in [7, 11) is 0. The van der Waals surface area contributed by atoms with E-state index < -0.39 is 5.97 Å². The van der Waals surface area contributed by atoms with Crippen molar-refractivity contribution in [2.75, 3.05) is 5.32 Å². The smallest absolute Gasteiger partial charge is 0.339 e. The van der Waals surface area contributed by atoms with Crippen molar-refractivity contribution < 1.29 is 9.90 Å². The number of carbonyl (C=O) groups is 1. The first kappa shape index (κ1) is 14.7. The van der Waals surface area contributed by atoms with Gasteiger partial charge >= 0.3 is 5.97 Å². The molecule has 0 aliphatic carbocycles. The molecule has 0 saturated heterocycles. The van der Waals surface area contributed by atoms with Gasteiger partial charge in [0.25, 0.3) is 0 Å². The molecule has 1 atom stereocenters. The number of hydrogen-bond donors (Lipinski definition) is 2. The van der Waals surface area contributed by atoms with Crippen molar-refractivity contribution in [2.45, 2.75) is 13.0 Å². The Morgan fingerprint density at radius 3 is 2.40 bits per heavy atom. The summed E-state index contributed by atoms with van der Waals surface area (Å²) in [6, 6.07) is 12.3. The van der Waals surface area contributed by atoms with E-state index in [1.54, 1.807) is 30.3 Å². The van der Waals surface area contributed by atoms with E-state index in [4.69, 9.17) is 23.2 Å². The predicted octanol–water partition coefficient (Wildman–Crippen LogP) is 4.86. The predicted molar refractivity (Wildman–Crippen MR) is 81.9 cm³/mol. The van der Waals surface area contributed by atoms with Crippen LogP contribution in [0.2, 0.25) is 10.0 Å². The highest BCUT2D eigenvalue weighted by Crippen LogP contribution is 2.28. The lowest BCUT2D eigenvalue weighted by atomic mass is 10.1. The molecule has 0 aromatic heterocycles. The Balaban J connectivity index is 2.28. The minimum absolute atomic E-state index is 0.0659. The molecule has 3 nitrogen and oxygen atoms in total. The van der Waals surface area contributed by atoms with Crippen molar-refractivity contribution in [1.82, 2.24) is 0 Å². The first-order chi connectivity index (χ1) is 9.49. The van der Waals surface area contributed by atoms with Gasteiger partial charge in [-0.2, -0.15) is 0 Å². The maximum absolute atomic E-state index is 11.3. The van der Waals surface area contributed by atoms with Gasteiger partial charge in [-0.3, -0.25) is 0 Å². The fourth-order valence-corrected chi connectivity index (χ4v) is 2.31. The second-order valence-electron chi connectivity index (χ2n) is 4.39. The van der Waals surface area contributed by atoms with Crippen LogP contribution in [0.1, 0.15) is 28.9 Å². The highest BCUT2D eigenvalue weighted by Gasteiger charge is 2.16. The molecule has 2 rings (SSSR count). The van der Waals surface area contributed by atoms with Crippen LogP contribution in [0.3, 0.4) is 0 Å². The van der Waals surface area contributed by atoms with Crippen LogP contribution in [0.5, 0.6) is 0 Å². The number of carboxylic acid groups (broad SMARTS) is 1. The molecule has 20 heavy (non-hydrogen) atoms. The Labute approximate surface area is 127 Å².